The van der Waals surface area contributed by atoms with Crippen LogP contribution in [0, 0.1) is 20.8 Å². The van der Waals surface area contributed by atoms with Crippen molar-refractivity contribution in [2.24, 2.45) is 0 Å². The first kappa shape index (κ1) is 17.4. The highest BCUT2D eigenvalue weighted by atomic mass is 32.1. The van der Waals surface area contributed by atoms with Gasteiger partial charge in [0.1, 0.15) is 0 Å². The summed E-state index contributed by atoms with van der Waals surface area (Å²) in [7, 11) is 0. The maximum absolute atomic E-state index is 12.5. The van der Waals surface area contributed by atoms with Gasteiger partial charge in [-0.1, -0.05) is 35.6 Å². The average Bonchev–Trinajstić information content (AvgIpc) is 3.19. The van der Waals surface area contributed by atoms with E-state index in [2.05, 4.69) is 21.5 Å². The normalized spacial score (nSPS) is 11.1. The second kappa shape index (κ2) is 6.96. The molecule has 0 bridgehead atoms. The number of carbonyl (C=O) groups is 1. The Morgan fingerprint density at radius 3 is 2.56 bits per heavy atom. The number of anilines is 1. The number of benzene rings is 2. The first-order chi connectivity index (χ1) is 13.0. The Labute approximate surface area is 161 Å². The van der Waals surface area contributed by atoms with Crippen LogP contribution in [0.1, 0.15) is 32.9 Å². The fraction of sp³-hybridized carbons (Fsp3) is 0.190. The highest BCUT2D eigenvalue weighted by Crippen LogP contribution is 2.28. The van der Waals surface area contributed by atoms with E-state index in [0.29, 0.717) is 17.2 Å². The topological polar surface area (TPSA) is 59.8 Å². The van der Waals surface area contributed by atoms with Gasteiger partial charge in [0.2, 0.25) is 0 Å². The average molecular weight is 376 g/mol. The van der Waals surface area contributed by atoms with Crippen molar-refractivity contribution in [1.82, 2.24) is 14.8 Å². The Balaban J connectivity index is 1.48. The molecule has 4 aromatic rings. The number of aromatic nitrogens is 3. The van der Waals surface area contributed by atoms with Crippen LogP contribution in [0.5, 0.6) is 0 Å². The van der Waals surface area contributed by atoms with E-state index in [9.17, 15) is 4.79 Å². The molecule has 0 spiro atoms. The Morgan fingerprint density at radius 1 is 1.11 bits per heavy atom. The molecule has 0 atom stereocenters. The first-order valence-corrected chi connectivity index (χ1v) is 9.59. The molecule has 1 N–H and O–H groups in total. The van der Waals surface area contributed by atoms with Crippen LogP contribution in [-0.4, -0.2) is 20.7 Å². The molecule has 5 nitrogen and oxygen atoms in total. The number of amides is 1. The van der Waals surface area contributed by atoms with Crippen molar-refractivity contribution in [2.45, 2.75) is 27.3 Å². The zero-order valence-electron chi connectivity index (χ0n) is 15.5. The van der Waals surface area contributed by atoms with Crippen LogP contribution in [0.25, 0.3) is 10.2 Å². The summed E-state index contributed by atoms with van der Waals surface area (Å²) in [6, 6.07) is 15.7. The quantitative estimate of drug-likeness (QED) is 0.561. The molecule has 0 unspecified atom stereocenters. The second-order valence-electron chi connectivity index (χ2n) is 6.68. The lowest BCUT2D eigenvalue weighted by Gasteiger charge is -2.06. The molecule has 0 aliphatic rings. The molecule has 27 heavy (non-hydrogen) atoms. The van der Waals surface area contributed by atoms with Crippen molar-refractivity contribution in [3.8, 4) is 0 Å². The van der Waals surface area contributed by atoms with Gasteiger partial charge in [-0.05, 0) is 56.2 Å². The van der Waals surface area contributed by atoms with Crippen LogP contribution < -0.4 is 5.32 Å². The zero-order valence-corrected chi connectivity index (χ0v) is 16.3. The second-order valence-corrected chi connectivity index (χ2v) is 7.71. The number of hydrogen-bond acceptors (Lipinski definition) is 4. The predicted octanol–water partition coefficient (Wildman–Crippen LogP) is 4.72. The van der Waals surface area contributed by atoms with Gasteiger partial charge in [0.15, 0.2) is 5.13 Å². The molecule has 0 aliphatic carbocycles. The SMILES string of the molecule is Cc1cc(C)n(Cc2ccc(C(=O)Nc3nc4c(C)cccc4s3)cc2)n1. The van der Waals surface area contributed by atoms with Crippen LogP contribution >= 0.6 is 11.3 Å². The van der Waals surface area contributed by atoms with Crippen molar-refractivity contribution < 1.29 is 4.79 Å². The van der Waals surface area contributed by atoms with Crippen molar-refractivity contribution in [2.75, 3.05) is 5.32 Å². The third kappa shape index (κ3) is 3.61. The van der Waals surface area contributed by atoms with Crippen LogP contribution in [0.3, 0.4) is 0 Å². The maximum atomic E-state index is 12.5. The largest absolute Gasteiger partial charge is 0.298 e. The molecule has 0 saturated carbocycles. The number of thiazole rings is 1. The summed E-state index contributed by atoms with van der Waals surface area (Å²) >= 11 is 1.49. The predicted molar refractivity (Wildman–Crippen MR) is 110 cm³/mol. The first-order valence-electron chi connectivity index (χ1n) is 8.77. The number of carbonyl (C=O) groups excluding carboxylic acids is 1. The van der Waals surface area contributed by atoms with Gasteiger partial charge >= 0.3 is 0 Å². The smallest absolute Gasteiger partial charge is 0.257 e. The van der Waals surface area contributed by atoms with E-state index < -0.39 is 0 Å². The standard InChI is InChI=1S/C21H20N4OS/c1-13-5-4-6-18-19(13)22-21(27-18)23-20(26)17-9-7-16(8-10-17)12-25-15(3)11-14(2)24-25/h4-11H,12H2,1-3H3,(H,22,23,26). The fourth-order valence-electron chi connectivity index (χ4n) is 3.08. The molecule has 1 amide bonds. The molecule has 0 saturated heterocycles. The number of fused-ring (bicyclic) bond motifs is 1. The van der Waals surface area contributed by atoms with Crippen LogP contribution in [0.15, 0.2) is 48.5 Å². The molecule has 0 aliphatic heterocycles. The molecule has 2 aromatic heterocycles. The number of rotatable bonds is 4. The molecule has 2 heterocycles. The summed E-state index contributed by atoms with van der Waals surface area (Å²) in [6.45, 7) is 6.75. The maximum Gasteiger partial charge on any atom is 0.257 e. The summed E-state index contributed by atoms with van der Waals surface area (Å²) in [6.07, 6.45) is 0. The highest BCUT2D eigenvalue weighted by Gasteiger charge is 2.11. The Hall–Kier alpha value is -2.99. The van der Waals surface area contributed by atoms with E-state index >= 15 is 0 Å². The lowest BCUT2D eigenvalue weighted by molar-refractivity contribution is 0.102. The van der Waals surface area contributed by atoms with Crippen LogP contribution in [-0.2, 0) is 6.54 Å². The van der Waals surface area contributed by atoms with Gasteiger partial charge < -0.3 is 0 Å². The van der Waals surface area contributed by atoms with Gasteiger partial charge in [0, 0.05) is 11.3 Å². The minimum Gasteiger partial charge on any atom is -0.298 e. The molecule has 0 fully saturated rings. The van der Waals surface area contributed by atoms with Gasteiger partial charge in [0.25, 0.3) is 5.91 Å². The van der Waals surface area contributed by atoms with Crippen LogP contribution in [0.4, 0.5) is 5.13 Å². The van der Waals surface area contributed by atoms with Crippen molar-refractivity contribution >= 4 is 32.6 Å². The zero-order chi connectivity index (χ0) is 19.0. The Morgan fingerprint density at radius 2 is 1.89 bits per heavy atom. The van der Waals surface area contributed by atoms with Gasteiger partial charge in [-0.25, -0.2) is 4.98 Å². The van der Waals surface area contributed by atoms with E-state index in [1.54, 1.807) is 0 Å². The van der Waals surface area contributed by atoms with Gasteiger partial charge in [0.05, 0.1) is 22.5 Å². The van der Waals surface area contributed by atoms with E-state index in [1.807, 2.05) is 67.9 Å². The van der Waals surface area contributed by atoms with E-state index in [0.717, 1.165) is 32.7 Å². The third-order valence-electron chi connectivity index (χ3n) is 4.49. The van der Waals surface area contributed by atoms with Crippen molar-refractivity contribution in [3.05, 3.63) is 76.6 Å². The van der Waals surface area contributed by atoms with E-state index in [1.165, 1.54) is 11.3 Å². The molecule has 6 heteroatoms. The van der Waals surface area contributed by atoms with Crippen molar-refractivity contribution in [1.29, 1.82) is 0 Å². The minimum atomic E-state index is -0.149. The number of hydrogen-bond donors (Lipinski definition) is 1. The molecular weight excluding hydrogens is 356 g/mol. The summed E-state index contributed by atoms with van der Waals surface area (Å²) in [5.41, 5.74) is 5.90. The molecule has 4 rings (SSSR count). The minimum absolute atomic E-state index is 0.149. The molecule has 0 radical (unpaired) electrons. The van der Waals surface area contributed by atoms with Gasteiger partial charge in [-0.2, -0.15) is 5.10 Å². The summed E-state index contributed by atoms with van der Waals surface area (Å²) in [5.74, 6) is -0.149. The van der Waals surface area contributed by atoms with E-state index in [4.69, 9.17) is 0 Å². The molecular formula is C21H20N4OS. The Bertz CT molecular complexity index is 1130. The van der Waals surface area contributed by atoms with Gasteiger partial charge in [-0.3, -0.25) is 14.8 Å². The lowest BCUT2D eigenvalue weighted by Crippen LogP contribution is -2.12. The highest BCUT2D eigenvalue weighted by molar-refractivity contribution is 7.22. The molecule has 136 valence electrons. The van der Waals surface area contributed by atoms with Gasteiger partial charge in [-0.15, -0.1) is 0 Å². The van der Waals surface area contributed by atoms with E-state index in [-0.39, 0.29) is 5.91 Å². The summed E-state index contributed by atoms with van der Waals surface area (Å²) in [5, 5.41) is 8.01. The van der Waals surface area contributed by atoms with Crippen molar-refractivity contribution in [3.63, 3.8) is 0 Å². The number of para-hydroxylation sites is 1. The summed E-state index contributed by atoms with van der Waals surface area (Å²) < 4.78 is 3.04. The lowest BCUT2D eigenvalue weighted by atomic mass is 10.1. The monoisotopic (exact) mass is 376 g/mol. The third-order valence-corrected chi connectivity index (χ3v) is 5.43. The number of nitrogens with one attached hydrogen (secondary N) is 1. The summed E-state index contributed by atoms with van der Waals surface area (Å²) in [4.78, 5) is 17.1. The molecule has 2 aromatic carbocycles. The van der Waals surface area contributed by atoms with Crippen LogP contribution in [0.2, 0.25) is 0 Å². The Kier molecular flexibility index (Phi) is 4.49. The fourth-order valence-corrected chi connectivity index (χ4v) is 4.02. The number of aryl methyl sites for hydroxylation is 3. The number of nitrogens with zero attached hydrogens (tertiary/aromatic N) is 3.